The van der Waals surface area contributed by atoms with Crippen LogP contribution in [-0.2, 0) is 16.0 Å². The maximum absolute atomic E-state index is 12.0. The van der Waals surface area contributed by atoms with E-state index in [9.17, 15) is 4.79 Å². The maximum atomic E-state index is 12.0. The first-order valence-corrected chi connectivity index (χ1v) is 7.40. The summed E-state index contributed by atoms with van der Waals surface area (Å²) >= 11 is 0. The zero-order valence-corrected chi connectivity index (χ0v) is 11.7. The van der Waals surface area contributed by atoms with Gasteiger partial charge in [0.25, 0.3) is 0 Å². The van der Waals surface area contributed by atoms with Gasteiger partial charge in [0.05, 0.1) is 6.42 Å². The molecular weight excluding hydrogens is 260 g/mol. The van der Waals surface area contributed by atoms with E-state index >= 15 is 0 Å². The molecule has 0 bridgehead atoms. The van der Waals surface area contributed by atoms with E-state index in [1.165, 1.54) is 22.3 Å². The van der Waals surface area contributed by atoms with Gasteiger partial charge >= 0.3 is 5.97 Å². The molecule has 2 aromatic carbocycles. The molecule has 1 aliphatic heterocycles. The second-order valence-electron chi connectivity index (χ2n) is 5.64. The monoisotopic (exact) mass is 276 g/mol. The van der Waals surface area contributed by atoms with Crippen LogP contribution in [0.15, 0.2) is 60.4 Å². The predicted molar refractivity (Wildman–Crippen MR) is 81.6 cm³/mol. The van der Waals surface area contributed by atoms with Gasteiger partial charge in [0.15, 0.2) is 0 Å². The fourth-order valence-corrected chi connectivity index (χ4v) is 3.44. The number of benzene rings is 2. The van der Waals surface area contributed by atoms with Crippen molar-refractivity contribution in [2.75, 3.05) is 0 Å². The van der Waals surface area contributed by atoms with E-state index in [1.54, 1.807) is 0 Å². The summed E-state index contributed by atoms with van der Waals surface area (Å²) in [5.74, 6) is 0.879. The lowest BCUT2D eigenvalue weighted by molar-refractivity contribution is -0.140. The van der Waals surface area contributed by atoms with E-state index in [2.05, 4.69) is 36.4 Å². The highest BCUT2D eigenvalue weighted by molar-refractivity contribution is 5.86. The number of carbonyl (C=O) groups is 1. The minimum absolute atomic E-state index is 0.109. The first-order chi connectivity index (χ1) is 10.3. The molecule has 0 unspecified atom stereocenters. The first kappa shape index (κ1) is 12.4. The van der Waals surface area contributed by atoms with Crippen molar-refractivity contribution in [2.24, 2.45) is 0 Å². The molecule has 2 nitrogen and oxygen atoms in total. The number of esters is 1. The number of fused-ring (bicyclic) bond motifs is 2. The third-order valence-electron chi connectivity index (χ3n) is 4.39. The third kappa shape index (κ3) is 2.07. The van der Waals surface area contributed by atoms with Crippen LogP contribution in [0, 0.1) is 0 Å². The normalized spacial score (nSPS) is 20.6. The molecule has 1 aliphatic carbocycles. The van der Waals surface area contributed by atoms with Crippen LogP contribution in [0.1, 0.15) is 35.4 Å². The van der Waals surface area contributed by atoms with Crippen molar-refractivity contribution < 1.29 is 9.53 Å². The van der Waals surface area contributed by atoms with E-state index in [0.717, 1.165) is 18.6 Å². The SMILES string of the molecule is O=C1C[C@@H](c2ccccc2)C2=C(CCc3ccccc32)O1. The minimum atomic E-state index is -0.109. The lowest BCUT2D eigenvalue weighted by Crippen LogP contribution is -2.23. The van der Waals surface area contributed by atoms with Gasteiger partial charge in [-0.15, -0.1) is 0 Å². The molecule has 0 aromatic heterocycles. The van der Waals surface area contributed by atoms with Crippen LogP contribution < -0.4 is 0 Å². The molecule has 0 spiro atoms. The minimum Gasteiger partial charge on any atom is -0.431 e. The van der Waals surface area contributed by atoms with E-state index in [4.69, 9.17) is 4.74 Å². The predicted octanol–water partition coefficient (Wildman–Crippen LogP) is 4.07. The number of hydrogen-bond acceptors (Lipinski definition) is 2. The van der Waals surface area contributed by atoms with Crippen LogP contribution in [0.5, 0.6) is 0 Å². The number of hydrogen-bond donors (Lipinski definition) is 0. The van der Waals surface area contributed by atoms with E-state index in [-0.39, 0.29) is 11.9 Å². The Morgan fingerprint density at radius 2 is 1.67 bits per heavy atom. The zero-order valence-electron chi connectivity index (χ0n) is 11.7. The summed E-state index contributed by atoms with van der Waals surface area (Å²) in [5.41, 5.74) is 5.01. The van der Waals surface area contributed by atoms with Gasteiger partial charge in [-0.2, -0.15) is 0 Å². The molecule has 0 N–H and O–H groups in total. The molecule has 0 saturated carbocycles. The molecule has 0 saturated heterocycles. The lowest BCUT2D eigenvalue weighted by Gasteiger charge is -2.32. The van der Waals surface area contributed by atoms with Crippen LogP contribution >= 0.6 is 0 Å². The Morgan fingerprint density at radius 1 is 0.905 bits per heavy atom. The van der Waals surface area contributed by atoms with Crippen molar-refractivity contribution in [3.63, 3.8) is 0 Å². The average molecular weight is 276 g/mol. The molecule has 2 heteroatoms. The molecule has 1 heterocycles. The Kier molecular flexibility index (Phi) is 2.88. The van der Waals surface area contributed by atoms with Crippen molar-refractivity contribution in [1.82, 2.24) is 0 Å². The highest BCUT2D eigenvalue weighted by Gasteiger charge is 2.34. The Morgan fingerprint density at radius 3 is 2.52 bits per heavy atom. The third-order valence-corrected chi connectivity index (χ3v) is 4.39. The average Bonchev–Trinajstić information content (AvgIpc) is 2.54. The van der Waals surface area contributed by atoms with E-state index < -0.39 is 0 Å². The number of aryl methyl sites for hydroxylation is 1. The molecule has 4 rings (SSSR count). The summed E-state index contributed by atoms with van der Waals surface area (Å²) in [4.78, 5) is 12.0. The molecule has 104 valence electrons. The summed E-state index contributed by atoms with van der Waals surface area (Å²) in [7, 11) is 0. The number of carbonyl (C=O) groups excluding carboxylic acids is 1. The van der Waals surface area contributed by atoms with Gasteiger partial charge in [-0.05, 0) is 23.1 Å². The van der Waals surface area contributed by atoms with Crippen molar-refractivity contribution >= 4 is 11.5 Å². The zero-order chi connectivity index (χ0) is 14.2. The topological polar surface area (TPSA) is 26.3 Å². The Balaban J connectivity index is 1.89. The Labute approximate surface area is 124 Å². The van der Waals surface area contributed by atoms with Gasteiger partial charge in [0, 0.05) is 17.9 Å². The molecule has 1 atom stereocenters. The van der Waals surface area contributed by atoms with Crippen LogP contribution in [0.3, 0.4) is 0 Å². The van der Waals surface area contributed by atoms with Gasteiger partial charge in [-0.3, -0.25) is 4.79 Å². The van der Waals surface area contributed by atoms with Crippen LogP contribution in [0.2, 0.25) is 0 Å². The molecular formula is C19H16O2. The van der Waals surface area contributed by atoms with Crippen LogP contribution in [-0.4, -0.2) is 5.97 Å². The van der Waals surface area contributed by atoms with Crippen molar-refractivity contribution in [3.05, 3.63) is 77.0 Å². The van der Waals surface area contributed by atoms with Crippen LogP contribution in [0.4, 0.5) is 0 Å². The molecule has 21 heavy (non-hydrogen) atoms. The highest BCUT2D eigenvalue weighted by atomic mass is 16.5. The van der Waals surface area contributed by atoms with Crippen molar-refractivity contribution in [1.29, 1.82) is 0 Å². The largest absolute Gasteiger partial charge is 0.431 e. The highest BCUT2D eigenvalue weighted by Crippen LogP contribution is 2.45. The molecule has 0 amide bonds. The van der Waals surface area contributed by atoms with Gasteiger partial charge in [0.2, 0.25) is 0 Å². The van der Waals surface area contributed by atoms with E-state index in [0.29, 0.717) is 6.42 Å². The fourth-order valence-electron chi connectivity index (χ4n) is 3.44. The molecule has 0 fully saturated rings. The van der Waals surface area contributed by atoms with Gasteiger partial charge < -0.3 is 4.74 Å². The van der Waals surface area contributed by atoms with Gasteiger partial charge in [0.1, 0.15) is 5.76 Å². The summed E-state index contributed by atoms with van der Waals surface area (Å²) in [5, 5.41) is 0. The number of rotatable bonds is 1. The fraction of sp³-hybridized carbons (Fsp3) is 0.211. The van der Waals surface area contributed by atoms with Crippen molar-refractivity contribution in [3.8, 4) is 0 Å². The number of ether oxygens (including phenoxy) is 1. The summed E-state index contributed by atoms with van der Waals surface area (Å²) < 4.78 is 5.54. The second kappa shape index (κ2) is 4.88. The lowest BCUT2D eigenvalue weighted by atomic mass is 9.77. The Bertz CT molecular complexity index is 728. The maximum Gasteiger partial charge on any atom is 0.311 e. The van der Waals surface area contributed by atoms with Gasteiger partial charge in [-0.25, -0.2) is 0 Å². The summed E-state index contributed by atoms with van der Waals surface area (Å²) in [6, 6.07) is 18.7. The van der Waals surface area contributed by atoms with E-state index in [1.807, 2.05) is 18.2 Å². The molecule has 2 aromatic rings. The standard InChI is InChI=1S/C19H16O2/c20-18-12-16(13-6-2-1-3-7-13)19-15-9-5-4-8-14(15)10-11-17(19)21-18/h1-9,16H,10-12H2/t16-/m0/s1. The summed E-state index contributed by atoms with van der Waals surface area (Å²) in [6.07, 6.45) is 2.20. The molecule has 2 aliphatic rings. The van der Waals surface area contributed by atoms with Crippen LogP contribution in [0.25, 0.3) is 5.57 Å². The summed E-state index contributed by atoms with van der Waals surface area (Å²) in [6.45, 7) is 0. The number of allylic oxidation sites excluding steroid dienone is 2. The second-order valence-corrected chi connectivity index (χ2v) is 5.64. The molecule has 0 radical (unpaired) electrons. The smallest absolute Gasteiger partial charge is 0.311 e. The quantitative estimate of drug-likeness (QED) is 0.734. The first-order valence-electron chi connectivity index (χ1n) is 7.40. The van der Waals surface area contributed by atoms with Gasteiger partial charge in [-0.1, -0.05) is 54.6 Å². The Hall–Kier alpha value is -2.35. The van der Waals surface area contributed by atoms with Crippen molar-refractivity contribution in [2.45, 2.75) is 25.2 Å².